The molecule has 1 aliphatic rings. The molecule has 1 aliphatic heterocycles. The van der Waals surface area contributed by atoms with Crippen molar-refractivity contribution in [3.05, 3.63) is 0 Å². The number of amides is 1. The van der Waals surface area contributed by atoms with E-state index in [0.717, 1.165) is 25.9 Å². The summed E-state index contributed by atoms with van der Waals surface area (Å²) in [4.78, 5) is 10.9. The summed E-state index contributed by atoms with van der Waals surface area (Å²) in [5.41, 5.74) is 0. The second-order valence-corrected chi connectivity index (χ2v) is 3.21. The number of carbonyl (C=O) groups excluding carboxylic acids is 1. The Kier molecular flexibility index (Phi) is 4.78. The highest BCUT2D eigenvalue weighted by Crippen LogP contribution is 2.14. The molecule has 1 saturated heterocycles. The zero-order chi connectivity index (χ0) is 9.52. The predicted molar refractivity (Wildman–Crippen MR) is 48.5 cm³/mol. The van der Waals surface area contributed by atoms with Crippen LogP contribution in [0.15, 0.2) is 0 Å². The first-order chi connectivity index (χ1) is 6.33. The van der Waals surface area contributed by atoms with E-state index < -0.39 is 0 Å². The number of rotatable bonds is 5. The smallest absolute Gasteiger partial charge is 0.245 e. The summed E-state index contributed by atoms with van der Waals surface area (Å²) in [6.07, 6.45) is 3.54. The van der Waals surface area contributed by atoms with Gasteiger partial charge >= 0.3 is 0 Å². The van der Waals surface area contributed by atoms with Crippen molar-refractivity contribution in [2.75, 3.05) is 26.9 Å². The normalized spacial score (nSPS) is 21.8. The minimum atomic E-state index is -0.0551. The Morgan fingerprint density at radius 1 is 1.69 bits per heavy atom. The molecule has 0 spiro atoms. The first-order valence-corrected chi connectivity index (χ1v) is 4.70. The summed E-state index contributed by atoms with van der Waals surface area (Å²) in [7, 11) is 1.51. The minimum Gasteiger partial charge on any atom is -0.378 e. The van der Waals surface area contributed by atoms with Gasteiger partial charge in [0.25, 0.3) is 0 Å². The van der Waals surface area contributed by atoms with Crippen LogP contribution in [0.3, 0.4) is 0 Å². The van der Waals surface area contributed by atoms with Crippen molar-refractivity contribution in [3.63, 3.8) is 0 Å². The van der Waals surface area contributed by atoms with E-state index in [1.165, 1.54) is 7.11 Å². The number of hydrogen-bond donors (Lipinski definition) is 1. The highest BCUT2D eigenvalue weighted by molar-refractivity contribution is 5.77. The van der Waals surface area contributed by atoms with Crippen LogP contribution < -0.4 is 5.32 Å². The molecule has 0 saturated carbocycles. The number of carbonyl (C=O) groups is 1. The Bertz CT molecular complexity index is 155. The van der Waals surface area contributed by atoms with Crippen LogP contribution >= 0.6 is 0 Å². The Balaban J connectivity index is 1.96. The monoisotopic (exact) mass is 187 g/mol. The number of methoxy groups -OCH3 is 1. The van der Waals surface area contributed by atoms with Crippen LogP contribution in [0.4, 0.5) is 0 Å². The molecule has 13 heavy (non-hydrogen) atoms. The lowest BCUT2D eigenvalue weighted by atomic mass is 10.2. The van der Waals surface area contributed by atoms with Gasteiger partial charge < -0.3 is 14.8 Å². The van der Waals surface area contributed by atoms with E-state index in [1.807, 2.05) is 0 Å². The topological polar surface area (TPSA) is 47.6 Å². The molecule has 1 heterocycles. The van der Waals surface area contributed by atoms with E-state index in [0.29, 0.717) is 12.6 Å². The van der Waals surface area contributed by atoms with Gasteiger partial charge in [-0.2, -0.15) is 0 Å². The second kappa shape index (κ2) is 5.94. The standard InChI is InChI=1S/C9H17NO3/c1-12-7-9(11)10-5-4-8-3-2-6-13-8/h8H,2-7H2,1H3,(H,10,11). The van der Waals surface area contributed by atoms with Crippen LogP contribution in [0.5, 0.6) is 0 Å². The SMILES string of the molecule is COCC(=O)NCCC1CCCO1. The average molecular weight is 187 g/mol. The van der Waals surface area contributed by atoms with Gasteiger partial charge in [0.15, 0.2) is 0 Å². The van der Waals surface area contributed by atoms with Crippen molar-refractivity contribution < 1.29 is 14.3 Å². The molecule has 1 amide bonds. The van der Waals surface area contributed by atoms with Crippen molar-refractivity contribution >= 4 is 5.91 Å². The molecule has 1 rings (SSSR count). The summed E-state index contributed by atoms with van der Waals surface area (Å²) in [5, 5.41) is 2.77. The van der Waals surface area contributed by atoms with E-state index in [1.54, 1.807) is 0 Å². The van der Waals surface area contributed by atoms with Crippen LogP contribution in [-0.2, 0) is 14.3 Å². The first-order valence-electron chi connectivity index (χ1n) is 4.70. The molecule has 0 aromatic heterocycles. The molecule has 1 fully saturated rings. The third-order valence-corrected chi connectivity index (χ3v) is 2.09. The maximum atomic E-state index is 10.9. The van der Waals surface area contributed by atoms with Crippen molar-refractivity contribution in [2.24, 2.45) is 0 Å². The molecule has 0 radical (unpaired) electrons. The third-order valence-electron chi connectivity index (χ3n) is 2.09. The number of nitrogens with one attached hydrogen (secondary N) is 1. The van der Waals surface area contributed by atoms with E-state index in [-0.39, 0.29) is 12.5 Å². The maximum absolute atomic E-state index is 10.9. The third kappa shape index (κ3) is 4.24. The molecule has 0 aromatic carbocycles. The van der Waals surface area contributed by atoms with Crippen LogP contribution in [0.1, 0.15) is 19.3 Å². The van der Waals surface area contributed by atoms with E-state index in [2.05, 4.69) is 10.1 Å². The lowest BCUT2D eigenvalue weighted by molar-refractivity contribution is -0.124. The Morgan fingerprint density at radius 2 is 2.54 bits per heavy atom. The molecule has 0 aliphatic carbocycles. The van der Waals surface area contributed by atoms with Gasteiger partial charge in [-0.1, -0.05) is 0 Å². The van der Waals surface area contributed by atoms with Crippen molar-refractivity contribution in [1.29, 1.82) is 0 Å². The fourth-order valence-corrected chi connectivity index (χ4v) is 1.43. The molecular weight excluding hydrogens is 170 g/mol. The molecule has 0 aromatic rings. The van der Waals surface area contributed by atoms with Crippen LogP contribution in [0.2, 0.25) is 0 Å². The molecule has 4 heteroatoms. The zero-order valence-corrected chi connectivity index (χ0v) is 8.04. The second-order valence-electron chi connectivity index (χ2n) is 3.21. The lowest BCUT2D eigenvalue weighted by Crippen LogP contribution is -2.29. The van der Waals surface area contributed by atoms with Gasteiger partial charge in [0.05, 0.1) is 6.10 Å². The van der Waals surface area contributed by atoms with E-state index in [4.69, 9.17) is 4.74 Å². The first kappa shape index (κ1) is 10.5. The van der Waals surface area contributed by atoms with E-state index >= 15 is 0 Å². The maximum Gasteiger partial charge on any atom is 0.245 e. The average Bonchev–Trinajstić information content (AvgIpc) is 2.57. The highest BCUT2D eigenvalue weighted by atomic mass is 16.5. The largest absolute Gasteiger partial charge is 0.378 e. The van der Waals surface area contributed by atoms with Crippen molar-refractivity contribution in [3.8, 4) is 0 Å². The molecule has 1 N–H and O–H groups in total. The van der Waals surface area contributed by atoms with E-state index in [9.17, 15) is 4.79 Å². The Morgan fingerprint density at radius 3 is 3.15 bits per heavy atom. The quantitative estimate of drug-likeness (QED) is 0.674. The number of hydrogen-bond acceptors (Lipinski definition) is 3. The zero-order valence-electron chi connectivity index (χ0n) is 8.04. The Hall–Kier alpha value is -0.610. The van der Waals surface area contributed by atoms with Gasteiger partial charge in [-0.3, -0.25) is 4.79 Å². The summed E-state index contributed by atoms with van der Waals surface area (Å²) in [5.74, 6) is -0.0551. The van der Waals surface area contributed by atoms with Crippen LogP contribution in [0.25, 0.3) is 0 Å². The van der Waals surface area contributed by atoms with Crippen LogP contribution in [0, 0.1) is 0 Å². The highest BCUT2D eigenvalue weighted by Gasteiger charge is 2.14. The fourth-order valence-electron chi connectivity index (χ4n) is 1.43. The molecule has 1 unspecified atom stereocenters. The predicted octanol–water partition coefficient (Wildman–Crippen LogP) is 0.318. The van der Waals surface area contributed by atoms with Crippen molar-refractivity contribution in [2.45, 2.75) is 25.4 Å². The van der Waals surface area contributed by atoms with Gasteiger partial charge in [0, 0.05) is 20.3 Å². The van der Waals surface area contributed by atoms with Gasteiger partial charge in [-0.05, 0) is 19.3 Å². The van der Waals surface area contributed by atoms with Gasteiger partial charge in [0.2, 0.25) is 5.91 Å². The summed E-state index contributed by atoms with van der Waals surface area (Å²) < 4.78 is 10.1. The minimum absolute atomic E-state index is 0.0551. The fraction of sp³-hybridized carbons (Fsp3) is 0.889. The molecule has 1 atom stereocenters. The van der Waals surface area contributed by atoms with Crippen molar-refractivity contribution in [1.82, 2.24) is 5.32 Å². The van der Waals surface area contributed by atoms with Gasteiger partial charge in [-0.15, -0.1) is 0 Å². The lowest BCUT2D eigenvalue weighted by Gasteiger charge is -2.09. The van der Waals surface area contributed by atoms with Crippen LogP contribution in [-0.4, -0.2) is 38.9 Å². The molecule has 76 valence electrons. The van der Waals surface area contributed by atoms with Gasteiger partial charge in [0.1, 0.15) is 6.61 Å². The summed E-state index contributed by atoms with van der Waals surface area (Å²) >= 11 is 0. The molecule has 0 bridgehead atoms. The summed E-state index contributed by atoms with van der Waals surface area (Å²) in [6, 6.07) is 0. The Labute approximate surface area is 78.6 Å². The molecular formula is C9H17NO3. The molecule has 4 nitrogen and oxygen atoms in total. The summed E-state index contributed by atoms with van der Waals surface area (Å²) in [6.45, 7) is 1.70. The van der Waals surface area contributed by atoms with Gasteiger partial charge in [-0.25, -0.2) is 0 Å². The number of ether oxygens (including phenoxy) is 2.